The normalized spacial score (nSPS) is 12.6. The molecule has 0 radical (unpaired) electrons. The number of aliphatic hydroxyl groups is 1. The van der Waals surface area contributed by atoms with E-state index in [1.807, 2.05) is 13.8 Å². The zero-order valence-electron chi connectivity index (χ0n) is 10.7. The van der Waals surface area contributed by atoms with E-state index in [1.165, 1.54) is 11.3 Å². The van der Waals surface area contributed by atoms with Crippen LogP contribution in [0.3, 0.4) is 0 Å². The Bertz CT molecular complexity index is 612. The maximum Gasteiger partial charge on any atom is 0.293 e. The minimum atomic E-state index is -0.400. The van der Waals surface area contributed by atoms with Crippen molar-refractivity contribution in [3.05, 3.63) is 27.3 Å². The lowest BCUT2D eigenvalue weighted by Crippen LogP contribution is -2.17. The maximum absolute atomic E-state index is 11.1. The molecule has 0 spiro atoms. The van der Waals surface area contributed by atoms with Crippen LogP contribution in [0.1, 0.15) is 18.4 Å². The fourth-order valence-corrected chi connectivity index (χ4v) is 2.72. The molecular formula is C12H15N3O3S. The molecule has 1 heterocycles. The molecule has 2 N–H and O–H groups in total. The molecule has 2 aromatic rings. The first-order valence-corrected chi connectivity index (χ1v) is 6.76. The second-order valence-electron chi connectivity index (χ2n) is 4.38. The number of aliphatic hydroxyl groups excluding tert-OH is 1. The van der Waals surface area contributed by atoms with Gasteiger partial charge in [0.05, 0.1) is 20.1 Å². The Balaban J connectivity index is 2.44. The summed E-state index contributed by atoms with van der Waals surface area (Å²) < 4.78 is 0.810. The molecule has 0 bridgehead atoms. The Morgan fingerprint density at radius 1 is 1.58 bits per heavy atom. The lowest BCUT2D eigenvalue weighted by molar-refractivity contribution is -0.383. The summed E-state index contributed by atoms with van der Waals surface area (Å²) in [5.74, 6) is 0. The Labute approximate surface area is 114 Å². The van der Waals surface area contributed by atoms with Crippen molar-refractivity contribution in [2.75, 3.05) is 11.9 Å². The zero-order valence-corrected chi connectivity index (χ0v) is 11.5. The summed E-state index contributed by atoms with van der Waals surface area (Å²) in [6, 6.07) is 3.21. The molecule has 19 heavy (non-hydrogen) atoms. The van der Waals surface area contributed by atoms with Crippen molar-refractivity contribution in [1.29, 1.82) is 0 Å². The highest BCUT2D eigenvalue weighted by molar-refractivity contribution is 7.18. The van der Waals surface area contributed by atoms with E-state index in [9.17, 15) is 10.1 Å². The van der Waals surface area contributed by atoms with Crippen molar-refractivity contribution in [2.45, 2.75) is 26.3 Å². The molecule has 6 nitrogen and oxygen atoms in total. The molecular weight excluding hydrogens is 266 g/mol. The monoisotopic (exact) mass is 281 g/mol. The molecule has 1 unspecified atom stereocenters. The van der Waals surface area contributed by atoms with Crippen LogP contribution in [0, 0.1) is 17.0 Å². The van der Waals surface area contributed by atoms with Crippen LogP contribution in [-0.4, -0.2) is 27.7 Å². The molecule has 0 amide bonds. The Morgan fingerprint density at radius 2 is 2.32 bits per heavy atom. The summed E-state index contributed by atoms with van der Waals surface area (Å²) in [5, 5.41) is 23.9. The number of hydrogen-bond acceptors (Lipinski definition) is 6. The smallest absolute Gasteiger partial charge is 0.293 e. The number of aryl methyl sites for hydroxylation is 1. The number of rotatable bonds is 5. The molecule has 1 atom stereocenters. The van der Waals surface area contributed by atoms with E-state index in [4.69, 9.17) is 5.11 Å². The van der Waals surface area contributed by atoms with E-state index in [0.29, 0.717) is 12.1 Å². The highest BCUT2D eigenvalue weighted by atomic mass is 32.1. The van der Waals surface area contributed by atoms with E-state index >= 15 is 0 Å². The summed E-state index contributed by atoms with van der Waals surface area (Å²) in [4.78, 5) is 15.0. The van der Waals surface area contributed by atoms with Gasteiger partial charge in [0.2, 0.25) is 0 Å². The van der Waals surface area contributed by atoms with Gasteiger partial charge in [0.1, 0.15) is 5.69 Å². The molecule has 0 aliphatic heterocycles. The molecule has 0 fully saturated rings. The molecule has 0 aliphatic rings. The molecule has 0 saturated heterocycles. The fourth-order valence-electron chi connectivity index (χ4n) is 1.88. The second kappa shape index (κ2) is 5.50. The summed E-state index contributed by atoms with van der Waals surface area (Å²) >= 11 is 1.44. The minimum absolute atomic E-state index is 0.0408. The lowest BCUT2D eigenvalue weighted by atomic mass is 10.2. The van der Waals surface area contributed by atoms with Gasteiger partial charge in [-0.3, -0.25) is 10.1 Å². The number of nitrogens with one attached hydrogen (secondary N) is 1. The van der Waals surface area contributed by atoms with Crippen LogP contribution in [0.2, 0.25) is 0 Å². The van der Waals surface area contributed by atoms with Gasteiger partial charge in [-0.05, 0) is 26.3 Å². The third-order valence-corrected chi connectivity index (χ3v) is 3.71. The number of benzene rings is 1. The van der Waals surface area contributed by atoms with Crippen molar-refractivity contribution in [3.63, 3.8) is 0 Å². The minimum Gasteiger partial charge on any atom is -0.396 e. The maximum atomic E-state index is 11.1. The van der Waals surface area contributed by atoms with Gasteiger partial charge < -0.3 is 10.4 Å². The quantitative estimate of drug-likeness (QED) is 0.649. The van der Waals surface area contributed by atoms with Crippen LogP contribution < -0.4 is 5.32 Å². The van der Waals surface area contributed by atoms with Crippen molar-refractivity contribution in [2.24, 2.45) is 0 Å². The van der Waals surface area contributed by atoms with Gasteiger partial charge in [-0.25, -0.2) is 4.98 Å². The fraction of sp³-hybridized carbons (Fsp3) is 0.417. The molecule has 7 heteroatoms. The zero-order chi connectivity index (χ0) is 14.0. The number of fused-ring (bicyclic) bond motifs is 1. The third kappa shape index (κ3) is 2.99. The van der Waals surface area contributed by atoms with E-state index < -0.39 is 4.92 Å². The third-order valence-electron chi connectivity index (χ3n) is 2.77. The average molecular weight is 281 g/mol. The summed E-state index contributed by atoms with van der Waals surface area (Å²) in [6.07, 6.45) is 0.533. The van der Waals surface area contributed by atoms with Crippen molar-refractivity contribution in [1.82, 2.24) is 4.98 Å². The van der Waals surface area contributed by atoms with E-state index in [-0.39, 0.29) is 18.3 Å². The second-order valence-corrected chi connectivity index (χ2v) is 5.62. The van der Waals surface area contributed by atoms with Gasteiger partial charge in [0.15, 0.2) is 0 Å². The lowest BCUT2D eigenvalue weighted by Gasteiger charge is -2.13. The van der Waals surface area contributed by atoms with Crippen molar-refractivity contribution >= 4 is 32.9 Å². The highest BCUT2D eigenvalue weighted by Crippen LogP contribution is 2.33. The van der Waals surface area contributed by atoms with Gasteiger partial charge in [0.25, 0.3) is 5.69 Å². The predicted octanol–water partition coefficient (Wildman–Crippen LogP) is 2.70. The topological polar surface area (TPSA) is 88.3 Å². The Morgan fingerprint density at radius 3 is 2.95 bits per heavy atom. The highest BCUT2D eigenvalue weighted by Gasteiger charge is 2.18. The van der Waals surface area contributed by atoms with E-state index in [2.05, 4.69) is 10.3 Å². The number of nitro benzene ring substituents is 1. The SMILES string of the molecule is Cc1nc2cc(NC(C)CCO)c([N+](=O)[O-])cc2s1. The number of thiazole rings is 1. The first-order valence-electron chi connectivity index (χ1n) is 5.94. The van der Waals surface area contributed by atoms with Crippen LogP contribution in [0.4, 0.5) is 11.4 Å². The summed E-state index contributed by atoms with van der Waals surface area (Å²) in [7, 11) is 0. The van der Waals surface area contributed by atoms with Gasteiger partial charge in [-0.2, -0.15) is 0 Å². The van der Waals surface area contributed by atoms with Gasteiger partial charge in [-0.15, -0.1) is 11.3 Å². The van der Waals surface area contributed by atoms with Gasteiger partial charge in [0, 0.05) is 18.7 Å². The first kappa shape index (κ1) is 13.7. The summed E-state index contributed by atoms with van der Waals surface area (Å²) in [5.41, 5.74) is 1.25. The van der Waals surface area contributed by atoms with Crippen molar-refractivity contribution < 1.29 is 10.0 Å². The molecule has 2 rings (SSSR count). The number of nitro groups is 1. The van der Waals surface area contributed by atoms with Gasteiger partial charge in [-0.1, -0.05) is 0 Å². The largest absolute Gasteiger partial charge is 0.396 e. The Hall–Kier alpha value is -1.73. The van der Waals surface area contributed by atoms with E-state index in [0.717, 1.165) is 15.2 Å². The molecule has 1 aromatic heterocycles. The van der Waals surface area contributed by atoms with Crippen LogP contribution in [0.5, 0.6) is 0 Å². The standard InChI is InChI=1S/C12H15N3O3S/c1-7(3-4-16)13-9-5-10-12(19-8(2)14-10)6-11(9)15(17)18/h5-7,13,16H,3-4H2,1-2H3. The number of aromatic nitrogens is 1. The molecule has 0 saturated carbocycles. The van der Waals surface area contributed by atoms with Crippen LogP contribution in [-0.2, 0) is 0 Å². The van der Waals surface area contributed by atoms with Crippen LogP contribution in [0.25, 0.3) is 10.2 Å². The first-order chi connectivity index (χ1) is 9.01. The average Bonchev–Trinajstić information content (AvgIpc) is 2.67. The number of nitrogens with zero attached hydrogens (tertiary/aromatic N) is 2. The molecule has 0 aliphatic carbocycles. The summed E-state index contributed by atoms with van der Waals surface area (Å²) in [6.45, 7) is 3.79. The molecule has 1 aromatic carbocycles. The Kier molecular flexibility index (Phi) is 3.96. The van der Waals surface area contributed by atoms with Crippen LogP contribution in [0.15, 0.2) is 12.1 Å². The number of hydrogen-bond donors (Lipinski definition) is 2. The van der Waals surface area contributed by atoms with Crippen molar-refractivity contribution in [3.8, 4) is 0 Å². The molecule has 102 valence electrons. The number of anilines is 1. The predicted molar refractivity (Wildman–Crippen MR) is 75.8 cm³/mol. The van der Waals surface area contributed by atoms with Gasteiger partial charge >= 0.3 is 0 Å². The van der Waals surface area contributed by atoms with E-state index in [1.54, 1.807) is 12.1 Å². The van der Waals surface area contributed by atoms with Crippen LogP contribution >= 0.6 is 11.3 Å².